The van der Waals surface area contributed by atoms with Gasteiger partial charge in [-0.05, 0) is 25.0 Å². The Morgan fingerprint density at radius 2 is 1.90 bits per heavy atom. The predicted molar refractivity (Wildman–Crippen MR) is 106 cm³/mol. The van der Waals surface area contributed by atoms with E-state index in [0.29, 0.717) is 36.8 Å². The molecule has 1 aliphatic carbocycles. The minimum atomic E-state index is -0.518. The average molecular weight is 398 g/mol. The summed E-state index contributed by atoms with van der Waals surface area (Å²) in [6.45, 7) is 1.36. The molecule has 5 amide bonds. The average Bonchev–Trinajstić information content (AvgIpc) is 3.35. The molecule has 8 nitrogen and oxygen atoms in total. The standard InChI is InChI=1S/C21H26N4O4/c26-18-9-10-24(21(29)23-18)17-8-4-3-7-16(17)20(28)22-12-14-11-19(27)25(13-14)15-5-1-2-6-15/h3-4,7-8,14-15H,1-2,5-6,9-13H2,(H,22,28)(H,23,26,29). The van der Waals surface area contributed by atoms with Gasteiger partial charge in [-0.2, -0.15) is 0 Å². The zero-order valence-corrected chi connectivity index (χ0v) is 16.4. The number of para-hydroxylation sites is 1. The molecule has 1 unspecified atom stereocenters. The highest BCUT2D eigenvalue weighted by Crippen LogP contribution is 2.29. The van der Waals surface area contributed by atoms with Gasteiger partial charge in [-0.1, -0.05) is 25.0 Å². The molecule has 3 aliphatic rings. The molecule has 2 N–H and O–H groups in total. The first kappa shape index (κ1) is 19.4. The van der Waals surface area contributed by atoms with Crippen LogP contribution in [0.3, 0.4) is 0 Å². The fourth-order valence-corrected chi connectivity index (χ4v) is 4.54. The van der Waals surface area contributed by atoms with Crippen LogP contribution in [0.25, 0.3) is 0 Å². The Labute approximate surface area is 169 Å². The van der Waals surface area contributed by atoms with Crippen LogP contribution in [0.4, 0.5) is 10.5 Å². The van der Waals surface area contributed by atoms with Gasteiger partial charge in [-0.15, -0.1) is 0 Å². The lowest BCUT2D eigenvalue weighted by molar-refractivity contribution is -0.129. The molecule has 1 aromatic rings. The van der Waals surface area contributed by atoms with Crippen LogP contribution in [0, 0.1) is 5.92 Å². The summed E-state index contributed by atoms with van der Waals surface area (Å²) in [5, 5.41) is 5.21. The maximum absolute atomic E-state index is 12.8. The number of anilines is 1. The van der Waals surface area contributed by atoms with E-state index in [2.05, 4.69) is 10.6 Å². The van der Waals surface area contributed by atoms with Gasteiger partial charge in [0, 0.05) is 44.4 Å². The lowest BCUT2D eigenvalue weighted by Crippen LogP contribution is -2.50. The third-order valence-electron chi connectivity index (χ3n) is 6.05. The number of carbonyl (C=O) groups is 4. The monoisotopic (exact) mass is 398 g/mol. The Bertz CT molecular complexity index is 834. The first-order chi connectivity index (χ1) is 14.0. The van der Waals surface area contributed by atoms with E-state index in [4.69, 9.17) is 0 Å². The summed E-state index contributed by atoms with van der Waals surface area (Å²) in [5.74, 6) is -0.302. The van der Waals surface area contributed by atoms with E-state index in [-0.39, 0.29) is 36.6 Å². The molecule has 2 aliphatic heterocycles. The van der Waals surface area contributed by atoms with Crippen LogP contribution in [0.15, 0.2) is 24.3 Å². The molecule has 154 valence electrons. The SMILES string of the molecule is O=C1CCN(c2ccccc2C(=O)NCC2CC(=O)N(C3CCCC3)C2)C(=O)N1. The van der Waals surface area contributed by atoms with Crippen molar-refractivity contribution in [2.24, 2.45) is 5.92 Å². The van der Waals surface area contributed by atoms with E-state index in [1.54, 1.807) is 24.3 Å². The highest BCUT2D eigenvalue weighted by molar-refractivity contribution is 6.09. The molecule has 0 radical (unpaired) electrons. The molecule has 4 rings (SSSR count). The van der Waals surface area contributed by atoms with Gasteiger partial charge >= 0.3 is 6.03 Å². The van der Waals surface area contributed by atoms with Crippen LogP contribution in [-0.2, 0) is 9.59 Å². The van der Waals surface area contributed by atoms with E-state index >= 15 is 0 Å². The lowest BCUT2D eigenvalue weighted by Gasteiger charge is -2.28. The van der Waals surface area contributed by atoms with Crippen LogP contribution in [0.5, 0.6) is 0 Å². The maximum atomic E-state index is 12.8. The molecule has 1 atom stereocenters. The minimum Gasteiger partial charge on any atom is -0.352 e. The Balaban J connectivity index is 1.39. The van der Waals surface area contributed by atoms with Gasteiger partial charge in [-0.25, -0.2) is 4.79 Å². The molecule has 2 heterocycles. The van der Waals surface area contributed by atoms with Gasteiger partial charge in [0.2, 0.25) is 11.8 Å². The van der Waals surface area contributed by atoms with Crippen LogP contribution >= 0.6 is 0 Å². The van der Waals surface area contributed by atoms with Gasteiger partial charge < -0.3 is 10.2 Å². The number of rotatable bonds is 5. The summed E-state index contributed by atoms with van der Waals surface area (Å²) in [6.07, 6.45) is 5.19. The summed E-state index contributed by atoms with van der Waals surface area (Å²) < 4.78 is 0. The van der Waals surface area contributed by atoms with Crippen LogP contribution < -0.4 is 15.5 Å². The van der Waals surface area contributed by atoms with Crippen molar-refractivity contribution in [1.82, 2.24) is 15.5 Å². The number of urea groups is 1. The van der Waals surface area contributed by atoms with Gasteiger partial charge in [-0.3, -0.25) is 24.6 Å². The van der Waals surface area contributed by atoms with E-state index in [9.17, 15) is 19.2 Å². The number of hydrogen-bond acceptors (Lipinski definition) is 4. The Hall–Kier alpha value is -2.90. The number of imide groups is 1. The number of amides is 5. The number of likely N-dealkylation sites (tertiary alicyclic amines) is 1. The molecular formula is C21H26N4O4. The molecule has 3 fully saturated rings. The van der Waals surface area contributed by atoms with Gasteiger partial charge in [0.05, 0.1) is 11.3 Å². The first-order valence-electron chi connectivity index (χ1n) is 10.3. The molecule has 0 spiro atoms. The zero-order valence-electron chi connectivity index (χ0n) is 16.4. The third kappa shape index (κ3) is 4.11. The summed E-state index contributed by atoms with van der Waals surface area (Å²) in [5.41, 5.74) is 0.860. The van der Waals surface area contributed by atoms with Crippen LogP contribution in [0.2, 0.25) is 0 Å². The quantitative estimate of drug-likeness (QED) is 0.788. The maximum Gasteiger partial charge on any atom is 0.328 e. The Morgan fingerprint density at radius 1 is 1.14 bits per heavy atom. The molecule has 29 heavy (non-hydrogen) atoms. The summed E-state index contributed by atoms with van der Waals surface area (Å²) in [6, 6.07) is 6.71. The highest BCUT2D eigenvalue weighted by Gasteiger charge is 2.35. The molecule has 8 heteroatoms. The number of nitrogens with one attached hydrogen (secondary N) is 2. The molecule has 1 aromatic carbocycles. The first-order valence-corrected chi connectivity index (χ1v) is 10.3. The van der Waals surface area contributed by atoms with E-state index < -0.39 is 6.03 Å². The van der Waals surface area contributed by atoms with E-state index in [0.717, 1.165) is 12.8 Å². The minimum absolute atomic E-state index is 0.107. The number of hydrogen-bond donors (Lipinski definition) is 2. The van der Waals surface area contributed by atoms with Crippen molar-refractivity contribution in [1.29, 1.82) is 0 Å². The van der Waals surface area contributed by atoms with Gasteiger partial charge in [0.25, 0.3) is 5.91 Å². The molecule has 0 aromatic heterocycles. The van der Waals surface area contributed by atoms with Crippen molar-refractivity contribution in [2.45, 2.75) is 44.6 Å². The van der Waals surface area contributed by atoms with Crippen LogP contribution in [-0.4, -0.2) is 54.3 Å². The summed E-state index contributed by atoms with van der Waals surface area (Å²) in [7, 11) is 0. The fraction of sp³-hybridized carbons (Fsp3) is 0.524. The smallest absolute Gasteiger partial charge is 0.328 e. The molecule has 1 saturated carbocycles. The van der Waals surface area contributed by atoms with Crippen molar-refractivity contribution < 1.29 is 19.2 Å². The van der Waals surface area contributed by atoms with Crippen molar-refractivity contribution in [2.75, 3.05) is 24.5 Å². The number of carbonyl (C=O) groups excluding carboxylic acids is 4. The largest absolute Gasteiger partial charge is 0.352 e. The topological polar surface area (TPSA) is 98.8 Å². The number of benzene rings is 1. The van der Waals surface area contributed by atoms with Crippen molar-refractivity contribution in [3.63, 3.8) is 0 Å². The Kier molecular flexibility index (Phi) is 5.51. The predicted octanol–water partition coefficient (Wildman–Crippen LogP) is 1.65. The Morgan fingerprint density at radius 3 is 2.66 bits per heavy atom. The van der Waals surface area contributed by atoms with E-state index in [1.807, 2.05) is 4.90 Å². The third-order valence-corrected chi connectivity index (χ3v) is 6.05. The van der Waals surface area contributed by atoms with Crippen LogP contribution in [0.1, 0.15) is 48.9 Å². The molecule has 2 saturated heterocycles. The second-order valence-corrected chi connectivity index (χ2v) is 8.04. The summed E-state index contributed by atoms with van der Waals surface area (Å²) >= 11 is 0. The highest BCUT2D eigenvalue weighted by atomic mass is 16.2. The second-order valence-electron chi connectivity index (χ2n) is 8.04. The van der Waals surface area contributed by atoms with E-state index in [1.165, 1.54) is 17.7 Å². The van der Waals surface area contributed by atoms with Crippen molar-refractivity contribution >= 4 is 29.4 Å². The molecular weight excluding hydrogens is 372 g/mol. The zero-order chi connectivity index (χ0) is 20.4. The van der Waals surface area contributed by atoms with Crippen molar-refractivity contribution in [3.8, 4) is 0 Å². The molecule has 0 bridgehead atoms. The second kappa shape index (κ2) is 8.23. The van der Waals surface area contributed by atoms with Gasteiger partial charge in [0.15, 0.2) is 0 Å². The number of nitrogens with zero attached hydrogens (tertiary/aromatic N) is 2. The summed E-state index contributed by atoms with van der Waals surface area (Å²) in [4.78, 5) is 52.1. The lowest BCUT2D eigenvalue weighted by atomic mass is 10.1. The normalized spacial score (nSPS) is 22.9. The van der Waals surface area contributed by atoms with Gasteiger partial charge in [0.1, 0.15) is 0 Å². The van der Waals surface area contributed by atoms with Crippen molar-refractivity contribution in [3.05, 3.63) is 29.8 Å². The fourth-order valence-electron chi connectivity index (χ4n) is 4.54.